The summed E-state index contributed by atoms with van der Waals surface area (Å²) in [5.41, 5.74) is -0.0849. The summed E-state index contributed by atoms with van der Waals surface area (Å²) in [7, 11) is 0. The number of rotatable bonds is 3. The maximum absolute atomic E-state index is 12.4. The molecule has 2 saturated carbocycles. The Morgan fingerprint density at radius 2 is 1.86 bits per heavy atom. The van der Waals surface area contributed by atoms with Crippen LogP contribution in [0, 0.1) is 5.92 Å². The minimum atomic E-state index is -0.233. The number of likely N-dealkylation sites (tertiary alicyclic amines) is 1. The molecule has 0 radical (unpaired) electrons. The molecular weight excluding hydrogens is 264 g/mol. The summed E-state index contributed by atoms with van der Waals surface area (Å²) in [5.74, 6) is 0.976. The third kappa shape index (κ3) is 3.11. The predicted octanol–water partition coefficient (Wildman–Crippen LogP) is 2.06. The Morgan fingerprint density at radius 3 is 2.52 bits per heavy atom. The third-order valence-electron chi connectivity index (χ3n) is 6.11. The molecule has 3 aliphatic rings. The van der Waals surface area contributed by atoms with Gasteiger partial charge in [-0.3, -0.25) is 9.69 Å². The molecule has 4 heteroatoms. The SMILES string of the molecule is CC1CCC(NC(=O)CN2CC[C@H](O)C23CCCC3)CC1. The van der Waals surface area contributed by atoms with Crippen molar-refractivity contribution in [2.75, 3.05) is 13.1 Å². The first-order chi connectivity index (χ1) is 10.1. The van der Waals surface area contributed by atoms with E-state index >= 15 is 0 Å². The average Bonchev–Trinajstić information content (AvgIpc) is 3.06. The molecule has 1 atom stereocenters. The minimum absolute atomic E-state index is 0.0849. The van der Waals surface area contributed by atoms with Crippen LogP contribution in [0.5, 0.6) is 0 Å². The van der Waals surface area contributed by atoms with Crippen LogP contribution in [-0.2, 0) is 4.79 Å². The monoisotopic (exact) mass is 294 g/mol. The van der Waals surface area contributed by atoms with Crippen molar-refractivity contribution >= 4 is 5.91 Å². The number of nitrogens with one attached hydrogen (secondary N) is 1. The highest BCUT2D eigenvalue weighted by Crippen LogP contribution is 2.43. The van der Waals surface area contributed by atoms with Gasteiger partial charge in [0.05, 0.1) is 12.6 Å². The predicted molar refractivity (Wildman–Crippen MR) is 83.0 cm³/mol. The smallest absolute Gasteiger partial charge is 0.234 e. The maximum atomic E-state index is 12.4. The molecular formula is C17H30N2O2. The van der Waals surface area contributed by atoms with Gasteiger partial charge in [0.15, 0.2) is 0 Å². The zero-order chi connectivity index (χ0) is 14.9. The Morgan fingerprint density at radius 1 is 1.19 bits per heavy atom. The van der Waals surface area contributed by atoms with Crippen molar-refractivity contribution in [1.82, 2.24) is 10.2 Å². The number of amides is 1. The molecule has 3 rings (SSSR count). The summed E-state index contributed by atoms with van der Waals surface area (Å²) in [6.07, 6.45) is 9.81. The van der Waals surface area contributed by atoms with Gasteiger partial charge in [-0.05, 0) is 50.9 Å². The highest BCUT2D eigenvalue weighted by molar-refractivity contribution is 5.78. The molecule has 1 amide bonds. The van der Waals surface area contributed by atoms with Crippen molar-refractivity contribution in [3.05, 3.63) is 0 Å². The molecule has 2 aliphatic carbocycles. The molecule has 3 fully saturated rings. The summed E-state index contributed by atoms with van der Waals surface area (Å²) >= 11 is 0. The van der Waals surface area contributed by atoms with Crippen molar-refractivity contribution in [3.63, 3.8) is 0 Å². The van der Waals surface area contributed by atoms with Crippen LogP contribution in [0.1, 0.15) is 64.7 Å². The summed E-state index contributed by atoms with van der Waals surface area (Å²) in [4.78, 5) is 14.6. The lowest BCUT2D eigenvalue weighted by Crippen LogP contribution is -2.52. The van der Waals surface area contributed by atoms with Crippen LogP contribution in [0.15, 0.2) is 0 Å². The van der Waals surface area contributed by atoms with E-state index in [-0.39, 0.29) is 17.6 Å². The first-order valence-electron chi connectivity index (χ1n) is 8.82. The molecule has 1 spiro atoms. The molecule has 0 unspecified atom stereocenters. The first-order valence-corrected chi connectivity index (χ1v) is 8.82. The number of aliphatic hydroxyl groups excluding tert-OH is 1. The Balaban J connectivity index is 1.52. The molecule has 0 aromatic carbocycles. The molecule has 1 heterocycles. The molecule has 21 heavy (non-hydrogen) atoms. The van der Waals surface area contributed by atoms with Crippen molar-refractivity contribution in [3.8, 4) is 0 Å². The van der Waals surface area contributed by atoms with E-state index in [0.717, 1.165) is 44.6 Å². The third-order valence-corrected chi connectivity index (χ3v) is 6.11. The summed E-state index contributed by atoms with van der Waals surface area (Å²) in [5, 5.41) is 13.6. The van der Waals surface area contributed by atoms with Crippen LogP contribution in [0.25, 0.3) is 0 Å². The fraction of sp³-hybridized carbons (Fsp3) is 0.941. The van der Waals surface area contributed by atoms with Crippen molar-refractivity contribution in [2.45, 2.75) is 82.4 Å². The Bertz CT molecular complexity index is 371. The second-order valence-corrected chi connectivity index (χ2v) is 7.56. The molecule has 1 saturated heterocycles. The van der Waals surface area contributed by atoms with Gasteiger partial charge in [-0.15, -0.1) is 0 Å². The van der Waals surface area contributed by atoms with E-state index in [1.165, 1.54) is 25.7 Å². The van der Waals surface area contributed by atoms with Gasteiger partial charge in [0.2, 0.25) is 5.91 Å². The van der Waals surface area contributed by atoms with Crippen LogP contribution in [-0.4, -0.2) is 46.7 Å². The summed E-state index contributed by atoms with van der Waals surface area (Å²) in [6, 6.07) is 0.376. The van der Waals surface area contributed by atoms with Gasteiger partial charge in [-0.1, -0.05) is 19.8 Å². The van der Waals surface area contributed by atoms with E-state index in [1.807, 2.05) is 0 Å². The first kappa shape index (κ1) is 15.3. The second kappa shape index (κ2) is 6.25. The van der Waals surface area contributed by atoms with Crippen molar-refractivity contribution in [1.29, 1.82) is 0 Å². The van der Waals surface area contributed by atoms with Crippen LogP contribution < -0.4 is 5.32 Å². The van der Waals surface area contributed by atoms with Crippen molar-refractivity contribution in [2.24, 2.45) is 5.92 Å². The lowest BCUT2D eigenvalue weighted by molar-refractivity contribution is -0.124. The van der Waals surface area contributed by atoms with Crippen LogP contribution in [0.4, 0.5) is 0 Å². The highest BCUT2D eigenvalue weighted by Gasteiger charge is 2.49. The highest BCUT2D eigenvalue weighted by atomic mass is 16.3. The van der Waals surface area contributed by atoms with Crippen LogP contribution in [0.2, 0.25) is 0 Å². The lowest BCUT2D eigenvalue weighted by atomic mass is 9.87. The second-order valence-electron chi connectivity index (χ2n) is 7.56. The van der Waals surface area contributed by atoms with Gasteiger partial charge in [-0.25, -0.2) is 0 Å². The van der Waals surface area contributed by atoms with Gasteiger partial charge in [0, 0.05) is 18.1 Å². The molecule has 2 N–H and O–H groups in total. The number of hydrogen-bond acceptors (Lipinski definition) is 3. The summed E-state index contributed by atoms with van der Waals surface area (Å²) < 4.78 is 0. The molecule has 120 valence electrons. The number of carbonyl (C=O) groups is 1. The Labute approximate surface area is 128 Å². The van der Waals surface area contributed by atoms with Gasteiger partial charge < -0.3 is 10.4 Å². The van der Waals surface area contributed by atoms with Gasteiger partial charge >= 0.3 is 0 Å². The normalized spacial score (nSPS) is 36.2. The average molecular weight is 294 g/mol. The minimum Gasteiger partial charge on any atom is -0.391 e. The maximum Gasteiger partial charge on any atom is 0.234 e. The van der Waals surface area contributed by atoms with Gasteiger partial charge in [0.1, 0.15) is 0 Å². The zero-order valence-electron chi connectivity index (χ0n) is 13.3. The standard InChI is InChI=1S/C17H30N2O2/c1-13-4-6-14(7-5-13)18-16(21)12-19-11-8-15(20)17(19)9-2-3-10-17/h13-15,20H,2-12H2,1H3,(H,18,21)/t13?,14?,15-/m0/s1. The molecule has 0 aromatic rings. The molecule has 0 aromatic heterocycles. The van der Waals surface area contributed by atoms with E-state index < -0.39 is 0 Å². The topological polar surface area (TPSA) is 52.6 Å². The fourth-order valence-corrected chi connectivity index (χ4v) is 4.70. The van der Waals surface area contributed by atoms with E-state index in [0.29, 0.717) is 12.6 Å². The molecule has 4 nitrogen and oxygen atoms in total. The van der Waals surface area contributed by atoms with E-state index in [9.17, 15) is 9.90 Å². The number of aliphatic hydroxyl groups is 1. The van der Waals surface area contributed by atoms with Gasteiger partial charge in [0.25, 0.3) is 0 Å². The molecule has 0 bridgehead atoms. The zero-order valence-corrected chi connectivity index (χ0v) is 13.3. The van der Waals surface area contributed by atoms with Crippen molar-refractivity contribution < 1.29 is 9.90 Å². The number of carbonyl (C=O) groups excluding carboxylic acids is 1. The van der Waals surface area contributed by atoms with E-state index in [2.05, 4.69) is 17.1 Å². The van der Waals surface area contributed by atoms with Crippen LogP contribution in [0.3, 0.4) is 0 Å². The molecule has 1 aliphatic heterocycles. The van der Waals surface area contributed by atoms with Crippen LogP contribution >= 0.6 is 0 Å². The quantitative estimate of drug-likeness (QED) is 0.838. The van der Waals surface area contributed by atoms with Gasteiger partial charge in [-0.2, -0.15) is 0 Å². The summed E-state index contributed by atoms with van der Waals surface area (Å²) in [6.45, 7) is 3.65. The Kier molecular flexibility index (Phi) is 4.55. The fourth-order valence-electron chi connectivity index (χ4n) is 4.70. The largest absolute Gasteiger partial charge is 0.391 e. The van der Waals surface area contributed by atoms with E-state index in [1.54, 1.807) is 0 Å². The number of hydrogen-bond donors (Lipinski definition) is 2. The Hall–Kier alpha value is -0.610. The van der Waals surface area contributed by atoms with E-state index in [4.69, 9.17) is 0 Å². The number of nitrogens with zero attached hydrogens (tertiary/aromatic N) is 1. The lowest BCUT2D eigenvalue weighted by Gasteiger charge is -2.37.